The molecule has 0 aromatic heterocycles. The zero-order chi connectivity index (χ0) is 12.9. The Kier molecular flexibility index (Phi) is 2.11. The van der Waals surface area contributed by atoms with E-state index in [1.165, 1.54) is 6.92 Å². The van der Waals surface area contributed by atoms with E-state index in [1.807, 2.05) is 6.07 Å². The molecule has 1 unspecified atom stereocenters. The number of rotatable bonds is 1. The molecule has 0 radical (unpaired) electrons. The zero-order valence-corrected chi connectivity index (χ0v) is 10.1. The number of carbonyl (C=O) groups is 2. The van der Waals surface area contributed by atoms with E-state index in [0.717, 1.165) is 0 Å². The Balaban J connectivity index is 2.07. The van der Waals surface area contributed by atoms with Gasteiger partial charge in [0, 0.05) is 5.57 Å². The first-order chi connectivity index (χ1) is 8.53. The van der Waals surface area contributed by atoms with Crippen LogP contribution >= 0.6 is 0 Å². The molecule has 1 aromatic rings. The van der Waals surface area contributed by atoms with Crippen LogP contribution in [0.25, 0.3) is 0 Å². The van der Waals surface area contributed by atoms with Crippen molar-refractivity contribution >= 4 is 11.8 Å². The summed E-state index contributed by atoms with van der Waals surface area (Å²) in [6.45, 7) is 3.21. The summed E-state index contributed by atoms with van der Waals surface area (Å²) in [4.78, 5) is 23.3. The summed E-state index contributed by atoms with van der Waals surface area (Å²) in [5.41, 5.74) is 1.79. The van der Waals surface area contributed by atoms with Gasteiger partial charge in [-0.25, -0.2) is 4.79 Å². The molecule has 1 atom stereocenters. The van der Waals surface area contributed by atoms with Crippen molar-refractivity contribution in [1.29, 1.82) is 0 Å². The van der Waals surface area contributed by atoms with Crippen LogP contribution in [-0.4, -0.2) is 11.8 Å². The second-order valence-corrected chi connectivity index (χ2v) is 4.56. The van der Waals surface area contributed by atoms with Gasteiger partial charge >= 0.3 is 5.97 Å². The van der Waals surface area contributed by atoms with Crippen LogP contribution in [-0.2, 0) is 20.1 Å². The minimum absolute atomic E-state index is 0.0511. The largest absolute Gasteiger partial charge is 0.452 e. The maximum absolute atomic E-state index is 11.8. The predicted molar refractivity (Wildman–Crippen MR) is 62.6 cm³/mol. The summed E-state index contributed by atoms with van der Waals surface area (Å²) in [5.74, 6) is -1.04. The van der Waals surface area contributed by atoms with Gasteiger partial charge in [-0.15, -0.1) is 0 Å². The van der Waals surface area contributed by atoms with Crippen LogP contribution in [0, 0.1) is 0 Å². The molecule has 2 heterocycles. The molecule has 0 N–H and O–H groups in total. The van der Waals surface area contributed by atoms with Gasteiger partial charge in [0.1, 0.15) is 5.76 Å². The number of ether oxygens (including phenoxy) is 2. The van der Waals surface area contributed by atoms with Crippen LogP contribution in [0.5, 0.6) is 0 Å². The molecule has 3 rings (SSSR count). The third-order valence-corrected chi connectivity index (χ3v) is 3.39. The number of hydrogen-bond acceptors (Lipinski definition) is 4. The minimum Gasteiger partial charge on any atom is -0.452 e. The standard InChI is InChI=1S/C14H12O4/c1-8(15)11-7-14(17-9(11)2)12-6-4-3-5-10(12)13(16)18-14/h3-6H,7H2,1-2H3. The fraction of sp³-hybridized carbons (Fsp3) is 0.286. The van der Waals surface area contributed by atoms with Gasteiger partial charge in [0.05, 0.1) is 17.5 Å². The Hall–Kier alpha value is -2.10. The third kappa shape index (κ3) is 1.32. The Morgan fingerprint density at radius 2 is 2.00 bits per heavy atom. The van der Waals surface area contributed by atoms with Crippen molar-refractivity contribution in [3.05, 3.63) is 46.7 Å². The van der Waals surface area contributed by atoms with Crippen molar-refractivity contribution < 1.29 is 19.1 Å². The van der Waals surface area contributed by atoms with Crippen LogP contribution in [0.4, 0.5) is 0 Å². The van der Waals surface area contributed by atoms with Crippen molar-refractivity contribution in [3.63, 3.8) is 0 Å². The van der Waals surface area contributed by atoms with Gasteiger partial charge in [0.25, 0.3) is 5.79 Å². The lowest BCUT2D eigenvalue weighted by atomic mass is 9.96. The molecule has 1 spiro atoms. The Bertz CT molecular complexity index is 600. The molecule has 0 bridgehead atoms. The number of carbonyl (C=O) groups excluding carboxylic acids is 2. The highest BCUT2D eigenvalue weighted by molar-refractivity contribution is 5.97. The van der Waals surface area contributed by atoms with Crippen molar-refractivity contribution in [2.24, 2.45) is 0 Å². The summed E-state index contributed by atoms with van der Waals surface area (Å²) in [6, 6.07) is 7.11. The first-order valence-corrected chi connectivity index (χ1v) is 5.76. The van der Waals surface area contributed by atoms with Crippen molar-refractivity contribution in [3.8, 4) is 0 Å². The second-order valence-electron chi connectivity index (χ2n) is 4.56. The molecule has 92 valence electrons. The van der Waals surface area contributed by atoms with E-state index in [9.17, 15) is 9.59 Å². The highest BCUT2D eigenvalue weighted by Gasteiger charge is 2.52. The topological polar surface area (TPSA) is 52.6 Å². The lowest BCUT2D eigenvalue weighted by Crippen LogP contribution is -2.25. The summed E-state index contributed by atoms with van der Waals surface area (Å²) >= 11 is 0. The quantitative estimate of drug-likeness (QED) is 0.711. The van der Waals surface area contributed by atoms with E-state index in [4.69, 9.17) is 9.47 Å². The third-order valence-electron chi connectivity index (χ3n) is 3.39. The van der Waals surface area contributed by atoms with Crippen LogP contribution < -0.4 is 0 Å². The van der Waals surface area contributed by atoms with Gasteiger partial charge < -0.3 is 9.47 Å². The van der Waals surface area contributed by atoms with Crippen LogP contribution in [0.2, 0.25) is 0 Å². The van der Waals surface area contributed by atoms with E-state index in [0.29, 0.717) is 22.5 Å². The summed E-state index contributed by atoms with van der Waals surface area (Å²) in [7, 11) is 0. The van der Waals surface area contributed by atoms with E-state index < -0.39 is 11.8 Å². The Morgan fingerprint density at radius 1 is 1.28 bits per heavy atom. The molecule has 4 heteroatoms. The van der Waals surface area contributed by atoms with Crippen molar-refractivity contribution in [2.45, 2.75) is 26.1 Å². The SMILES string of the molecule is CC(=O)C1=C(C)OC2(C1)OC(=O)c1ccccc12. The number of ketones is 1. The van der Waals surface area contributed by atoms with Gasteiger partial charge in [0.15, 0.2) is 5.78 Å². The maximum Gasteiger partial charge on any atom is 0.342 e. The van der Waals surface area contributed by atoms with Crippen molar-refractivity contribution in [1.82, 2.24) is 0 Å². The average molecular weight is 244 g/mol. The van der Waals surface area contributed by atoms with Gasteiger partial charge in [-0.05, 0) is 19.9 Å². The van der Waals surface area contributed by atoms with Gasteiger partial charge in [-0.1, -0.05) is 18.2 Å². The summed E-state index contributed by atoms with van der Waals surface area (Å²) in [6.07, 6.45) is 0.289. The molecule has 18 heavy (non-hydrogen) atoms. The van der Waals surface area contributed by atoms with Gasteiger partial charge in [0.2, 0.25) is 0 Å². The lowest BCUT2D eigenvalue weighted by molar-refractivity contribution is -0.162. The van der Waals surface area contributed by atoms with Gasteiger partial charge in [-0.2, -0.15) is 0 Å². The molecular weight excluding hydrogens is 232 g/mol. The van der Waals surface area contributed by atoms with Crippen LogP contribution in [0.1, 0.15) is 36.2 Å². The molecule has 0 aliphatic carbocycles. The van der Waals surface area contributed by atoms with E-state index in [1.54, 1.807) is 25.1 Å². The smallest absolute Gasteiger partial charge is 0.342 e. The molecule has 0 fully saturated rings. The molecule has 0 amide bonds. The number of benzene rings is 1. The van der Waals surface area contributed by atoms with Crippen LogP contribution in [0.15, 0.2) is 35.6 Å². The zero-order valence-electron chi connectivity index (χ0n) is 10.1. The Morgan fingerprint density at radius 3 is 2.67 bits per heavy atom. The minimum atomic E-state index is -1.13. The second kappa shape index (κ2) is 3.45. The summed E-state index contributed by atoms with van der Waals surface area (Å²) in [5, 5.41) is 0. The van der Waals surface area contributed by atoms with E-state index in [-0.39, 0.29) is 12.2 Å². The fourth-order valence-corrected chi connectivity index (χ4v) is 2.53. The Labute approximate surface area is 104 Å². The first-order valence-electron chi connectivity index (χ1n) is 5.76. The van der Waals surface area contributed by atoms with Crippen LogP contribution in [0.3, 0.4) is 0 Å². The number of esters is 1. The molecule has 2 aliphatic rings. The number of allylic oxidation sites excluding steroid dienone is 1. The number of Topliss-reactive ketones (excluding diaryl/α,β-unsaturated/α-hetero) is 1. The number of hydrogen-bond donors (Lipinski definition) is 0. The molecule has 1 aromatic carbocycles. The lowest BCUT2D eigenvalue weighted by Gasteiger charge is -2.23. The number of fused-ring (bicyclic) bond motifs is 2. The average Bonchev–Trinajstić information content (AvgIpc) is 2.80. The summed E-state index contributed by atoms with van der Waals surface area (Å²) < 4.78 is 11.1. The predicted octanol–water partition coefficient (Wildman–Crippen LogP) is 2.29. The van der Waals surface area contributed by atoms with E-state index in [2.05, 4.69) is 0 Å². The van der Waals surface area contributed by atoms with Gasteiger partial charge in [-0.3, -0.25) is 4.79 Å². The molecular formula is C14H12O4. The first kappa shape index (κ1) is 11.0. The maximum atomic E-state index is 11.8. The van der Waals surface area contributed by atoms with E-state index >= 15 is 0 Å². The fourth-order valence-electron chi connectivity index (χ4n) is 2.53. The molecule has 0 saturated heterocycles. The highest BCUT2D eigenvalue weighted by Crippen LogP contribution is 2.48. The molecule has 0 saturated carbocycles. The monoisotopic (exact) mass is 244 g/mol. The molecule has 4 nitrogen and oxygen atoms in total. The highest BCUT2D eigenvalue weighted by atomic mass is 16.7. The normalized spacial score (nSPS) is 25.1. The van der Waals surface area contributed by atoms with Crippen molar-refractivity contribution in [2.75, 3.05) is 0 Å². The molecule has 2 aliphatic heterocycles.